The van der Waals surface area contributed by atoms with Crippen LogP contribution in [0.15, 0.2) is 36.4 Å². The number of benzene rings is 2. The Balaban J connectivity index is 1.46. The zero-order chi connectivity index (χ0) is 21.3. The molecular weight excluding hydrogens is 400 g/mol. The van der Waals surface area contributed by atoms with Crippen molar-refractivity contribution in [3.8, 4) is 0 Å². The fourth-order valence-corrected chi connectivity index (χ4v) is 4.69. The third-order valence-electron chi connectivity index (χ3n) is 5.61. The molecule has 4 rings (SSSR count). The normalized spacial score (nSPS) is 15.4. The number of carbonyl (C=O) groups excluding carboxylic acids is 1. The smallest absolute Gasteiger partial charge is 0.272 e. The number of fused-ring (bicyclic) bond motifs is 1. The van der Waals surface area contributed by atoms with E-state index in [9.17, 15) is 14.9 Å². The molecule has 0 radical (unpaired) electrons. The summed E-state index contributed by atoms with van der Waals surface area (Å²) in [5, 5.41) is 14.3. The fourth-order valence-electron chi connectivity index (χ4n) is 3.77. The fraction of sp³-hybridized carbons (Fsp3) is 0.364. The molecule has 1 N–H and O–H groups in total. The summed E-state index contributed by atoms with van der Waals surface area (Å²) < 4.78 is 1.04. The number of aromatic nitrogens is 1. The molecule has 2 heterocycles. The van der Waals surface area contributed by atoms with Gasteiger partial charge in [0.15, 0.2) is 5.13 Å². The van der Waals surface area contributed by atoms with E-state index in [1.165, 1.54) is 47.9 Å². The molecule has 3 aromatic rings. The van der Waals surface area contributed by atoms with Gasteiger partial charge in [0.25, 0.3) is 11.6 Å². The van der Waals surface area contributed by atoms with Crippen LogP contribution >= 0.6 is 11.3 Å². The third-order valence-corrected chi connectivity index (χ3v) is 6.55. The molecule has 1 amide bonds. The minimum absolute atomic E-state index is 0.00206. The number of nitrogens with zero attached hydrogens (tertiary/aromatic N) is 3. The van der Waals surface area contributed by atoms with Crippen LogP contribution in [0.4, 0.5) is 10.8 Å². The maximum Gasteiger partial charge on any atom is 0.272 e. The van der Waals surface area contributed by atoms with E-state index in [0.29, 0.717) is 16.3 Å². The summed E-state index contributed by atoms with van der Waals surface area (Å²) in [7, 11) is 0. The van der Waals surface area contributed by atoms with Gasteiger partial charge >= 0.3 is 0 Å². The second-order valence-corrected chi connectivity index (χ2v) is 9.02. The average Bonchev–Trinajstić information content (AvgIpc) is 3.10. The first-order valence-electron chi connectivity index (χ1n) is 10.1. The number of amides is 1. The van der Waals surface area contributed by atoms with Crippen LogP contribution in [-0.4, -0.2) is 33.8 Å². The van der Waals surface area contributed by atoms with Gasteiger partial charge in [-0.25, -0.2) is 4.98 Å². The number of piperidine rings is 1. The van der Waals surface area contributed by atoms with Crippen molar-refractivity contribution >= 4 is 38.3 Å². The number of hydrogen-bond donors (Lipinski definition) is 1. The molecule has 8 heteroatoms. The topological polar surface area (TPSA) is 88.4 Å². The second-order valence-electron chi connectivity index (χ2n) is 7.99. The molecule has 7 nitrogen and oxygen atoms in total. The number of rotatable bonds is 5. The lowest BCUT2D eigenvalue weighted by Crippen LogP contribution is -2.32. The van der Waals surface area contributed by atoms with Gasteiger partial charge in [-0.3, -0.25) is 25.1 Å². The largest absolute Gasteiger partial charge is 0.299 e. The van der Waals surface area contributed by atoms with Gasteiger partial charge < -0.3 is 0 Å². The number of aryl methyl sites for hydroxylation is 1. The van der Waals surface area contributed by atoms with Gasteiger partial charge in [-0.2, -0.15) is 0 Å². The number of nitro groups is 1. The molecule has 30 heavy (non-hydrogen) atoms. The monoisotopic (exact) mass is 424 g/mol. The van der Waals surface area contributed by atoms with E-state index in [1.807, 2.05) is 6.07 Å². The maximum absolute atomic E-state index is 12.6. The lowest BCUT2D eigenvalue weighted by atomic mass is 9.99. The molecule has 1 aliphatic heterocycles. The molecule has 2 aromatic carbocycles. The highest BCUT2D eigenvalue weighted by molar-refractivity contribution is 7.22. The lowest BCUT2D eigenvalue weighted by Gasteiger charge is -2.30. The van der Waals surface area contributed by atoms with Crippen molar-refractivity contribution in [3.63, 3.8) is 0 Å². The summed E-state index contributed by atoms with van der Waals surface area (Å²) >= 11 is 1.44. The maximum atomic E-state index is 12.6. The highest BCUT2D eigenvalue weighted by atomic mass is 32.1. The first-order chi connectivity index (χ1) is 14.4. The molecule has 0 unspecified atom stereocenters. The number of hydrogen-bond acceptors (Lipinski definition) is 6. The van der Waals surface area contributed by atoms with E-state index >= 15 is 0 Å². The van der Waals surface area contributed by atoms with Gasteiger partial charge in [0.1, 0.15) is 0 Å². The quantitative estimate of drug-likeness (QED) is 0.460. The standard InChI is InChI=1S/C22H24N4O3S/c1-14-7-9-25(10-8-14)13-16-3-5-18-20(12-16)30-22(23-18)24-21(27)17-4-6-19(26(28)29)15(2)11-17/h3-6,11-12,14H,7-10,13H2,1-2H3,(H,23,24,27). The molecule has 1 aromatic heterocycles. The molecule has 0 saturated carbocycles. The van der Waals surface area contributed by atoms with Gasteiger partial charge in [0, 0.05) is 23.7 Å². The van der Waals surface area contributed by atoms with Crippen LogP contribution in [-0.2, 0) is 6.54 Å². The Morgan fingerprint density at radius 3 is 2.73 bits per heavy atom. The van der Waals surface area contributed by atoms with Crippen molar-refractivity contribution in [3.05, 3.63) is 63.2 Å². The Bertz CT molecular complexity index is 1100. The van der Waals surface area contributed by atoms with Gasteiger partial charge in [-0.15, -0.1) is 0 Å². The molecule has 1 fully saturated rings. The van der Waals surface area contributed by atoms with E-state index in [0.717, 1.165) is 35.8 Å². The van der Waals surface area contributed by atoms with Crippen molar-refractivity contribution < 1.29 is 9.72 Å². The highest BCUT2D eigenvalue weighted by Crippen LogP contribution is 2.28. The van der Waals surface area contributed by atoms with Crippen LogP contribution in [0.25, 0.3) is 10.2 Å². The van der Waals surface area contributed by atoms with E-state index < -0.39 is 4.92 Å². The van der Waals surface area contributed by atoms with Crippen molar-refractivity contribution in [2.24, 2.45) is 5.92 Å². The van der Waals surface area contributed by atoms with Crippen molar-refractivity contribution in [1.29, 1.82) is 0 Å². The zero-order valence-corrected chi connectivity index (χ0v) is 17.9. The predicted octanol–water partition coefficient (Wildman–Crippen LogP) is 5.00. The number of nitro benzene ring substituents is 1. The Hall–Kier alpha value is -2.84. The summed E-state index contributed by atoms with van der Waals surface area (Å²) in [6, 6.07) is 10.6. The third kappa shape index (κ3) is 4.49. The number of anilines is 1. The molecule has 156 valence electrons. The minimum Gasteiger partial charge on any atom is -0.299 e. The predicted molar refractivity (Wildman–Crippen MR) is 119 cm³/mol. The molecule has 1 aliphatic rings. The van der Waals surface area contributed by atoms with Gasteiger partial charge in [-0.05, 0) is 68.6 Å². The Morgan fingerprint density at radius 1 is 1.27 bits per heavy atom. The summed E-state index contributed by atoms with van der Waals surface area (Å²) in [6.45, 7) is 7.14. The van der Waals surface area contributed by atoms with E-state index in [2.05, 4.69) is 34.3 Å². The van der Waals surface area contributed by atoms with Crippen molar-refractivity contribution in [2.45, 2.75) is 33.2 Å². The van der Waals surface area contributed by atoms with E-state index in [-0.39, 0.29) is 11.6 Å². The Kier molecular flexibility index (Phi) is 5.78. The molecule has 0 bridgehead atoms. The number of nitrogens with one attached hydrogen (secondary N) is 1. The first kappa shape index (κ1) is 20.4. The average molecular weight is 425 g/mol. The van der Waals surface area contributed by atoms with E-state index in [4.69, 9.17) is 0 Å². The summed E-state index contributed by atoms with van der Waals surface area (Å²) in [6.07, 6.45) is 2.50. The lowest BCUT2D eigenvalue weighted by molar-refractivity contribution is -0.385. The SMILES string of the molecule is Cc1cc(C(=O)Nc2nc3ccc(CN4CCC(C)CC4)cc3s2)ccc1[N+](=O)[O-]. The van der Waals surface area contributed by atoms with Crippen LogP contribution in [0.5, 0.6) is 0 Å². The van der Waals surface area contributed by atoms with Gasteiger partial charge in [0.05, 0.1) is 15.1 Å². The molecule has 0 atom stereocenters. The molecule has 0 spiro atoms. The van der Waals surface area contributed by atoms with Crippen molar-refractivity contribution in [2.75, 3.05) is 18.4 Å². The van der Waals surface area contributed by atoms with E-state index in [1.54, 1.807) is 6.92 Å². The van der Waals surface area contributed by atoms with Crippen molar-refractivity contribution in [1.82, 2.24) is 9.88 Å². The van der Waals surface area contributed by atoms with Gasteiger partial charge in [0.2, 0.25) is 0 Å². The van der Waals surface area contributed by atoms with Gasteiger partial charge in [-0.1, -0.05) is 24.3 Å². The van der Waals surface area contributed by atoms with Crippen LogP contribution in [0, 0.1) is 23.0 Å². The summed E-state index contributed by atoms with van der Waals surface area (Å²) in [4.78, 5) is 30.1. The zero-order valence-electron chi connectivity index (χ0n) is 17.1. The first-order valence-corrected chi connectivity index (χ1v) is 10.9. The highest BCUT2D eigenvalue weighted by Gasteiger charge is 2.17. The summed E-state index contributed by atoms with van der Waals surface area (Å²) in [5.41, 5.74) is 2.93. The molecule has 1 saturated heterocycles. The number of thiazole rings is 1. The van der Waals surface area contributed by atoms with Crippen LogP contribution in [0.2, 0.25) is 0 Å². The molecular formula is C22H24N4O3S. The Morgan fingerprint density at radius 2 is 2.03 bits per heavy atom. The number of likely N-dealkylation sites (tertiary alicyclic amines) is 1. The Labute approximate surface area is 178 Å². The summed E-state index contributed by atoms with van der Waals surface area (Å²) in [5.74, 6) is 0.491. The number of carbonyl (C=O) groups is 1. The second kappa shape index (κ2) is 8.49. The molecule has 0 aliphatic carbocycles. The van der Waals surface area contributed by atoms with Crippen LogP contribution in [0.1, 0.15) is 41.3 Å². The van der Waals surface area contributed by atoms with Crippen LogP contribution in [0.3, 0.4) is 0 Å². The van der Waals surface area contributed by atoms with Crippen LogP contribution < -0.4 is 5.32 Å². The minimum atomic E-state index is -0.452.